The maximum atomic E-state index is 12.9. The number of hydrogen-bond acceptors (Lipinski definition) is 8. The van der Waals surface area contributed by atoms with Gasteiger partial charge in [-0.25, -0.2) is 9.59 Å². The maximum Gasteiger partial charge on any atom is 0.407 e. The molecule has 0 aliphatic rings. The Bertz CT molecular complexity index is 864. The first-order valence-corrected chi connectivity index (χ1v) is 10.3. The van der Waals surface area contributed by atoms with E-state index in [0.29, 0.717) is 11.8 Å². The predicted molar refractivity (Wildman–Crippen MR) is 121 cm³/mol. The van der Waals surface area contributed by atoms with Crippen molar-refractivity contribution in [1.29, 1.82) is 0 Å². The first-order valence-electron chi connectivity index (χ1n) is 10.3. The molecule has 0 unspecified atom stereocenters. The van der Waals surface area contributed by atoms with Crippen LogP contribution in [0.5, 0.6) is 0 Å². The van der Waals surface area contributed by atoms with Crippen LogP contribution < -0.4 is 10.6 Å². The Hall–Kier alpha value is -2.98. The average Bonchev–Trinajstić information content (AvgIpc) is 2.68. The molecule has 1 aromatic rings. The summed E-state index contributed by atoms with van der Waals surface area (Å²) in [5, 5.41) is 5.22. The molecule has 0 aliphatic carbocycles. The van der Waals surface area contributed by atoms with Crippen LogP contribution in [0.4, 0.5) is 10.5 Å². The van der Waals surface area contributed by atoms with Gasteiger partial charge in [0, 0.05) is 26.5 Å². The molecule has 0 radical (unpaired) electrons. The molecule has 10 nitrogen and oxygen atoms in total. The molecular formula is C23H34N2O8. The van der Waals surface area contributed by atoms with Crippen LogP contribution in [0.1, 0.15) is 63.9 Å². The Kier molecular flexibility index (Phi) is 9.56. The van der Waals surface area contributed by atoms with Crippen molar-refractivity contribution in [2.75, 3.05) is 19.5 Å². The second kappa shape index (κ2) is 11.2. The van der Waals surface area contributed by atoms with E-state index >= 15 is 0 Å². The van der Waals surface area contributed by atoms with Gasteiger partial charge in [-0.1, -0.05) is 6.07 Å². The quantitative estimate of drug-likeness (QED) is 0.322. The van der Waals surface area contributed by atoms with Gasteiger partial charge in [0.05, 0.1) is 12.0 Å². The van der Waals surface area contributed by atoms with E-state index in [1.54, 1.807) is 47.6 Å². The first-order chi connectivity index (χ1) is 15.2. The molecule has 2 amide bonds. The largest absolute Gasteiger partial charge is 0.456 e. The van der Waals surface area contributed by atoms with E-state index in [1.165, 1.54) is 26.4 Å². The van der Waals surface area contributed by atoms with Gasteiger partial charge in [0.15, 0.2) is 0 Å². The van der Waals surface area contributed by atoms with Crippen molar-refractivity contribution in [3.05, 3.63) is 29.3 Å². The van der Waals surface area contributed by atoms with Crippen LogP contribution in [0.3, 0.4) is 0 Å². The lowest BCUT2D eigenvalue weighted by atomic mass is 10.1. The van der Waals surface area contributed by atoms with Gasteiger partial charge in [-0.2, -0.15) is 0 Å². The molecule has 0 aromatic heterocycles. The van der Waals surface area contributed by atoms with E-state index in [-0.39, 0.29) is 24.2 Å². The fraction of sp³-hybridized carbons (Fsp3) is 0.565. The van der Waals surface area contributed by atoms with E-state index in [9.17, 15) is 19.2 Å². The van der Waals surface area contributed by atoms with E-state index < -0.39 is 35.0 Å². The summed E-state index contributed by atoms with van der Waals surface area (Å²) in [4.78, 5) is 48.6. The van der Waals surface area contributed by atoms with Crippen LogP contribution in [0, 0.1) is 0 Å². The van der Waals surface area contributed by atoms with Gasteiger partial charge in [-0.3, -0.25) is 4.79 Å². The minimum atomic E-state index is -1.86. The third-order valence-electron chi connectivity index (χ3n) is 4.17. The summed E-state index contributed by atoms with van der Waals surface area (Å²) in [5.41, 5.74) is -0.565. The van der Waals surface area contributed by atoms with E-state index in [2.05, 4.69) is 10.6 Å². The summed E-state index contributed by atoms with van der Waals surface area (Å²) in [6.45, 7) is 10.4. The van der Waals surface area contributed by atoms with Gasteiger partial charge >= 0.3 is 12.1 Å². The Morgan fingerprint density at radius 2 is 1.52 bits per heavy atom. The molecule has 10 heteroatoms. The number of rotatable bonds is 9. The summed E-state index contributed by atoms with van der Waals surface area (Å²) in [6.07, 6.45) is -0.516. The first kappa shape index (κ1) is 28.1. The van der Waals surface area contributed by atoms with Crippen molar-refractivity contribution in [2.45, 2.75) is 71.5 Å². The fourth-order valence-corrected chi connectivity index (χ4v) is 2.65. The van der Waals surface area contributed by atoms with Gasteiger partial charge in [-0.05, 0) is 59.2 Å². The van der Waals surface area contributed by atoms with Crippen molar-refractivity contribution < 1.29 is 38.1 Å². The Labute approximate surface area is 194 Å². The van der Waals surface area contributed by atoms with Crippen molar-refractivity contribution in [3.8, 4) is 0 Å². The highest BCUT2D eigenvalue weighted by Crippen LogP contribution is 2.24. The molecular weight excluding hydrogens is 432 g/mol. The zero-order valence-corrected chi connectivity index (χ0v) is 20.5. The number of amides is 2. The molecule has 0 heterocycles. The number of alkyl carbamates (subject to hydrolysis) is 1. The molecule has 0 fully saturated rings. The zero-order chi connectivity index (χ0) is 25.4. The molecule has 184 valence electrons. The van der Waals surface area contributed by atoms with E-state index in [0.717, 1.165) is 0 Å². The predicted octanol–water partition coefficient (Wildman–Crippen LogP) is 3.18. The molecule has 1 rings (SSSR count). The maximum absolute atomic E-state index is 12.9. The van der Waals surface area contributed by atoms with Crippen LogP contribution in [0.2, 0.25) is 0 Å². The lowest BCUT2D eigenvalue weighted by Gasteiger charge is -2.28. The van der Waals surface area contributed by atoms with Gasteiger partial charge in [0.25, 0.3) is 11.7 Å². The standard InChI is InChI=1S/C23H34N2O8/c1-21(2,3)32-18(27)15-9-10-16(14-24-20(29)33-22(4,5)6)17(13-15)25-19(28)23(30-7,31-8)11-12-26/h9-10,12-13H,11,14H2,1-8H3,(H,24,29)(H,25,28). The summed E-state index contributed by atoms with van der Waals surface area (Å²) in [5.74, 6) is -3.22. The number of nitrogens with one attached hydrogen (secondary N) is 2. The summed E-state index contributed by atoms with van der Waals surface area (Å²) >= 11 is 0. The molecule has 33 heavy (non-hydrogen) atoms. The third kappa shape index (κ3) is 8.82. The Morgan fingerprint density at radius 1 is 0.939 bits per heavy atom. The lowest BCUT2D eigenvalue weighted by Crippen LogP contribution is -2.47. The van der Waals surface area contributed by atoms with Crippen LogP contribution in [0.25, 0.3) is 0 Å². The summed E-state index contributed by atoms with van der Waals surface area (Å²) in [6, 6.07) is 4.49. The monoisotopic (exact) mass is 466 g/mol. The minimum Gasteiger partial charge on any atom is -0.456 e. The Balaban J connectivity index is 3.27. The number of carbonyl (C=O) groups excluding carboxylic acids is 4. The molecule has 0 saturated carbocycles. The van der Waals surface area contributed by atoms with Crippen LogP contribution in [-0.4, -0.2) is 55.5 Å². The third-order valence-corrected chi connectivity index (χ3v) is 4.17. The number of hydrogen-bond donors (Lipinski definition) is 2. The SMILES string of the molecule is COC(CC=O)(OC)C(=O)Nc1cc(C(=O)OC(C)(C)C)ccc1CNC(=O)OC(C)(C)C. The highest BCUT2D eigenvalue weighted by molar-refractivity contribution is 5.99. The lowest BCUT2D eigenvalue weighted by molar-refractivity contribution is -0.205. The Morgan fingerprint density at radius 3 is 2.00 bits per heavy atom. The van der Waals surface area contributed by atoms with Gasteiger partial charge in [0.1, 0.15) is 17.5 Å². The van der Waals surface area contributed by atoms with Gasteiger partial charge in [-0.15, -0.1) is 0 Å². The highest BCUT2D eigenvalue weighted by atomic mass is 16.7. The van der Waals surface area contributed by atoms with Gasteiger partial charge < -0.3 is 34.4 Å². The van der Waals surface area contributed by atoms with Crippen molar-refractivity contribution in [3.63, 3.8) is 0 Å². The van der Waals surface area contributed by atoms with Gasteiger partial charge in [0.2, 0.25) is 0 Å². The average molecular weight is 467 g/mol. The molecule has 0 spiro atoms. The van der Waals surface area contributed by atoms with Crippen LogP contribution >= 0.6 is 0 Å². The molecule has 1 aromatic carbocycles. The smallest absolute Gasteiger partial charge is 0.407 e. The number of benzene rings is 1. The number of aldehydes is 1. The molecule has 0 saturated heterocycles. The normalized spacial score (nSPS) is 12.0. The van der Waals surface area contributed by atoms with Crippen molar-refractivity contribution >= 4 is 29.9 Å². The van der Waals surface area contributed by atoms with Crippen LogP contribution in [0.15, 0.2) is 18.2 Å². The number of esters is 1. The fourth-order valence-electron chi connectivity index (χ4n) is 2.65. The topological polar surface area (TPSA) is 129 Å². The van der Waals surface area contributed by atoms with Crippen molar-refractivity contribution in [1.82, 2.24) is 5.32 Å². The molecule has 0 atom stereocenters. The molecule has 2 N–H and O–H groups in total. The second-order valence-corrected chi connectivity index (χ2v) is 9.22. The summed E-state index contributed by atoms with van der Waals surface area (Å²) < 4.78 is 20.9. The number of ether oxygens (including phenoxy) is 4. The second-order valence-electron chi connectivity index (χ2n) is 9.22. The van der Waals surface area contributed by atoms with Crippen molar-refractivity contribution in [2.24, 2.45) is 0 Å². The zero-order valence-electron chi connectivity index (χ0n) is 20.5. The highest BCUT2D eigenvalue weighted by Gasteiger charge is 2.39. The van der Waals surface area contributed by atoms with Crippen LogP contribution in [-0.2, 0) is 35.1 Å². The van der Waals surface area contributed by atoms with E-state index in [4.69, 9.17) is 18.9 Å². The number of methoxy groups -OCH3 is 2. The number of carbonyl (C=O) groups is 4. The molecule has 0 bridgehead atoms. The summed E-state index contributed by atoms with van der Waals surface area (Å²) in [7, 11) is 2.46. The molecule has 0 aliphatic heterocycles. The minimum absolute atomic E-state index is 0.0141. The number of anilines is 1. The van der Waals surface area contributed by atoms with E-state index in [1.807, 2.05) is 0 Å².